The van der Waals surface area contributed by atoms with E-state index in [-0.39, 0.29) is 12.5 Å². The SMILES string of the molecule is NCC(=O)N1CCC(N2CCCCC2)C1. The van der Waals surface area contributed by atoms with Gasteiger partial charge >= 0.3 is 0 Å². The van der Waals surface area contributed by atoms with Crippen LogP contribution in [0.5, 0.6) is 0 Å². The van der Waals surface area contributed by atoms with Crippen LogP contribution < -0.4 is 5.73 Å². The molecule has 0 aromatic carbocycles. The molecule has 0 radical (unpaired) electrons. The molecule has 2 aliphatic rings. The van der Waals surface area contributed by atoms with Gasteiger partial charge in [0.25, 0.3) is 0 Å². The fraction of sp³-hybridized carbons (Fsp3) is 0.909. The number of hydrogen-bond donors (Lipinski definition) is 1. The van der Waals surface area contributed by atoms with E-state index in [1.54, 1.807) is 0 Å². The number of amides is 1. The van der Waals surface area contributed by atoms with Crippen molar-refractivity contribution >= 4 is 5.91 Å². The van der Waals surface area contributed by atoms with E-state index in [9.17, 15) is 4.79 Å². The van der Waals surface area contributed by atoms with Crippen molar-refractivity contribution in [2.45, 2.75) is 31.7 Å². The molecule has 1 amide bonds. The number of carbonyl (C=O) groups excluding carboxylic acids is 1. The normalized spacial score (nSPS) is 28.3. The second-order valence-electron chi connectivity index (χ2n) is 4.58. The fourth-order valence-corrected chi connectivity index (χ4v) is 2.68. The quantitative estimate of drug-likeness (QED) is 0.701. The minimum Gasteiger partial charge on any atom is -0.340 e. The summed E-state index contributed by atoms with van der Waals surface area (Å²) in [5, 5.41) is 0. The average Bonchev–Trinajstić information content (AvgIpc) is 2.78. The summed E-state index contributed by atoms with van der Waals surface area (Å²) in [6, 6.07) is 0.598. The molecule has 0 aromatic heterocycles. The number of carbonyl (C=O) groups is 1. The summed E-state index contributed by atoms with van der Waals surface area (Å²) in [4.78, 5) is 15.9. The van der Waals surface area contributed by atoms with Crippen LogP contribution in [-0.2, 0) is 4.79 Å². The number of likely N-dealkylation sites (tertiary alicyclic amines) is 2. The molecule has 15 heavy (non-hydrogen) atoms. The summed E-state index contributed by atoms with van der Waals surface area (Å²) in [6.07, 6.45) is 5.14. The Morgan fingerprint density at radius 1 is 1.20 bits per heavy atom. The van der Waals surface area contributed by atoms with E-state index >= 15 is 0 Å². The van der Waals surface area contributed by atoms with Crippen LogP contribution in [0.3, 0.4) is 0 Å². The molecule has 0 aliphatic carbocycles. The summed E-state index contributed by atoms with van der Waals surface area (Å²) < 4.78 is 0. The van der Waals surface area contributed by atoms with Crippen molar-refractivity contribution in [3.63, 3.8) is 0 Å². The Morgan fingerprint density at radius 2 is 1.93 bits per heavy atom. The van der Waals surface area contributed by atoms with Crippen molar-refractivity contribution in [3.05, 3.63) is 0 Å². The third-order valence-corrected chi connectivity index (χ3v) is 3.60. The molecule has 86 valence electrons. The van der Waals surface area contributed by atoms with E-state index in [1.807, 2.05) is 4.90 Å². The maximum Gasteiger partial charge on any atom is 0.236 e. The molecular weight excluding hydrogens is 190 g/mol. The van der Waals surface area contributed by atoms with Gasteiger partial charge in [-0.25, -0.2) is 0 Å². The Balaban J connectivity index is 1.83. The Kier molecular flexibility index (Phi) is 3.59. The highest BCUT2D eigenvalue weighted by molar-refractivity contribution is 5.78. The lowest BCUT2D eigenvalue weighted by Gasteiger charge is -2.32. The third kappa shape index (κ3) is 2.49. The molecule has 2 heterocycles. The molecule has 0 aromatic rings. The van der Waals surface area contributed by atoms with Crippen LogP contribution >= 0.6 is 0 Å². The van der Waals surface area contributed by atoms with Gasteiger partial charge in [-0.05, 0) is 32.4 Å². The molecule has 2 aliphatic heterocycles. The molecule has 0 bridgehead atoms. The minimum atomic E-state index is 0.106. The van der Waals surface area contributed by atoms with Crippen LogP contribution in [-0.4, -0.2) is 54.5 Å². The molecule has 4 nitrogen and oxygen atoms in total. The van der Waals surface area contributed by atoms with Crippen molar-refractivity contribution in [1.29, 1.82) is 0 Å². The van der Waals surface area contributed by atoms with Crippen LogP contribution in [0.1, 0.15) is 25.7 Å². The molecule has 2 fully saturated rings. The molecular formula is C11H21N3O. The van der Waals surface area contributed by atoms with E-state index in [0.717, 1.165) is 19.5 Å². The van der Waals surface area contributed by atoms with E-state index in [1.165, 1.54) is 32.4 Å². The van der Waals surface area contributed by atoms with Gasteiger partial charge in [-0.3, -0.25) is 9.69 Å². The maximum absolute atomic E-state index is 11.4. The van der Waals surface area contributed by atoms with Gasteiger partial charge in [0.2, 0.25) is 5.91 Å². The summed E-state index contributed by atoms with van der Waals surface area (Å²) in [5.74, 6) is 0.106. The maximum atomic E-state index is 11.4. The van der Waals surface area contributed by atoms with Crippen molar-refractivity contribution in [3.8, 4) is 0 Å². The van der Waals surface area contributed by atoms with Crippen molar-refractivity contribution in [1.82, 2.24) is 9.80 Å². The van der Waals surface area contributed by atoms with Crippen molar-refractivity contribution < 1.29 is 4.79 Å². The van der Waals surface area contributed by atoms with Crippen LogP contribution in [0.25, 0.3) is 0 Å². The van der Waals surface area contributed by atoms with Gasteiger partial charge in [0.15, 0.2) is 0 Å². The monoisotopic (exact) mass is 211 g/mol. The summed E-state index contributed by atoms with van der Waals surface area (Å²) >= 11 is 0. The highest BCUT2D eigenvalue weighted by Crippen LogP contribution is 2.19. The minimum absolute atomic E-state index is 0.106. The first-order chi connectivity index (χ1) is 7.31. The molecule has 0 saturated carbocycles. The zero-order chi connectivity index (χ0) is 10.7. The summed E-state index contributed by atoms with van der Waals surface area (Å²) in [5.41, 5.74) is 5.37. The average molecular weight is 211 g/mol. The van der Waals surface area contributed by atoms with E-state index < -0.39 is 0 Å². The predicted molar refractivity (Wildman–Crippen MR) is 59.5 cm³/mol. The molecule has 1 unspecified atom stereocenters. The smallest absolute Gasteiger partial charge is 0.236 e. The zero-order valence-corrected chi connectivity index (χ0v) is 9.32. The molecule has 0 spiro atoms. The number of rotatable bonds is 2. The first-order valence-electron chi connectivity index (χ1n) is 6.03. The number of hydrogen-bond acceptors (Lipinski definition) is 3. The first kappa shape index (κ1) is 10.9. The van der Waals surface area contributed by atoms with Crippen LogP contribution in [0.4, 0.5) is 0 Å². The predicted octanol–water partition coefficient (Wildman–Crippen LogP) is 0.0319. The molecule has 2 N–H and O–H groups in total. The molecule has 4 heteroatoms. The van der Waals surface area contributed by atoms with Gasteiger partial charge in [0.05, 0.1) is 6.54 Å². The Labute approximate surface area is 91.4 Å². The number of piperidine rings is 1. The summed E-state index contributed by atoms with van der Waals surface area (Å²) in [6.45, 7) is 4.39. The van der Waals surface area contributed by atoms with Gasteiger partial charge in [-0.15, -0.1) is 0 Å². The van der Waals surface area contributed by atoms with Crippen LogP contribution in [0.2, 0.25) is 0 Å². The van der Waals surface area contributed by atoms with Gasteiger partial charge in [0, 0.05) is 19.1 Å². The lowest BCUT2D eigenvalue weighted by atomic mass is 10.1. The Morgan fingerprint density at radius 3 is 2.60 bits per heavy atom. The highest BCUT2D eigenvalue weighted by atomic mass is 16.2. The number of nitrogens with zero attached hydrogens (tertiary/aromatic N) is 2. The van der Waals surface area contributed by atoms with Crippen LogP contribution in [0, 0.1) is 0 Å². The lowest BCUT2D eigenvalue weighted by Crippen LogP contribution is -2.42. The second kappa shape index (κ2) is 4.94. The highest BCUT2D eigenvalue weighted by Gasteiger charge is 2.30. The van der Waals surface area contributed by atoms with Gasteiger partial charge in [-0.1, -0.05) is 6.42 Å². The standard InChI is InChI=1S/C11H21N3O/c12-8-11(15)14-7-4-10(9-14)13-5-2-1-3-6-13/h10H,1-9,12H2. The third-order valence-electron chi connectivity index (χ3n) is 3.60. The molecule has 1 atom stereocenters. The van der Waals surface area contributed by atoms with Crippen LogP contribution in [0.15, 0.2) is 0 Å². The summed E-state index contributed by atoms with van der Waals surface area (Å²) in [7, 11) is 0. The lowest BCUT2D eigenvalue weighted by molar-refractivity contribution is -0.128. The largest absolute Gasteiger partial charge is 0.340 e. The van der Waals surface area contributed by atoms with Crippen molar-refractivity contribution in [2.24, 2.45) is 5.73 Å². The fourth-order valence-electron chi connectivity index (χ4n) is 2.68. The Bertz CT molecular complexity index is 226. The van der Waals surface area contributed by atoms with Gasteiger partial charge in [0.1, 0.15) is 0 Å². The molecule has 2 saturated heterocycles. The topological polar surface area (TPSA) is 49.6 Å². The second-order valence-corrected chi connectivity index (χ2v) is 4.58. The number of nitrogens with two attached hydrogens (primary N) is 1. The first-order valence-corrected chi connectivity index (χ1v) is 6.03. The van der Waals surface area contributed by atoms with Gasteiger partial charge < -0.3 is 10.6 Å². The Hall–Kier alpha value is -0.610. The van der Waals surface area contributed by atoms with E-state index in [2.05, 4.69) is 4.90 Å². The van der Waals surface area contributed by atoms with E-state index in [4.69, 9.17) is 5.73 Å². The van der Waals surface area contributed by atoms with E-state index in [0.29, 0.717) is 6.04 Å². The van der Waals surface area contributed by atoms with Crippen molar-refractivity contribution in [2.75, 3.05) is 32.7 Å². The zero-order valence-electron chi connectivity index (χ0n) is 9.32. The molecule has 2 rings (SSSR count). The van der Waals surface area contributed by atoms with Gasteiger partial charge in [-0.2, -0.15) is 0 Å².